The van der Waals surface area contributed by atoms with E-state index in [1.807, 2.05) is 13.0 Å². The summed E-state index contributed by atoms with van der Waals surface area (Å²) in [5.41, 5.74) is 0.289. The molecular formula is C12H19BrN2O. The highest BCUT2D eigenvalue weighted by Crippen LogP contribution is 2.15. The van der Waals surface area contributed by atoms with E-state index in [0.717, 1.165) is 10.0 Å². The highest BCUT2D eigenvalue weighted by Gasteiger charge is 2.21. The molecule has 0 spiro atoms. The summed E-state index contributed by atoms with van der Waals surface area (Å²) in [6.45, 7) is 6.55. The van der Waals surface area contributed by atoms with E-state index >= 15 is 0 Å². The highest BCUT2D eigenvalue weighted by molar-refractivity contribution is 9.10. The van der Waals surface area contributed by atoms with E-state index in [1.54, 1.807) is 12.4 Å². The van der Waals surface area contributed by atoms with E-state index in [-0.39, 0.29) is 0 Å². The first-order valence-corrected chi connectivity index (χ1v) is 6.23. The van der Waals surface area contributed by atoms with E-state index in [4.69, 9.17) is 0 Å². The lowest BCUT2D eigenvalue weighted by atomic mass is 9.97. The van der Waals surface area contributed by atoms with Crippen LogP contribution in [0.15, 0.2) is 22.9 Å². The number of nitrogens with one attached hydrogen (secondary N) is 1. The molecule has 0 aromatic carbocycles. The molecule has 0 bridgehead atoms. The second kappa shape index (κ2) is 5.75. The lowest BCUT2D eigenvalue weighted by molar-refractivity contribution is 0.0580. The van der Waals surface area contributed by atoms with Gasteiger partial charge in [-0.1, -0.05) is 13.8 Å². The van der Waals surface area contributed by atoms with Crippen LogP contribution in [0.4, 0.5) is 0 Å². The molecule has 0 amide bonds. The molecule has 1 aromatic heterocycles. The molecule has 16 heavy (non-hydrogen) atoms. The van der Waals surface area contributed by atoms with Gasteiger partial charge in [-0.05, 0) is 34.5 Å². The van der Waals surface area contributed by atoms with Gasteiger partial charge in [0.1, 0.15) is 0 Å². The zero-order chi connectivity index (χ0) is 12.2. The average molecular weight is 287 g/mol. The summed E-state index contributed by atoms with van der Waals surface area (Å²) >= 11 is 3.37. The molecule has 1 unspecified atom stereocenters. The molecule has 4 heteroatoms. The maximum atomic E-state index is 10.2. The Morgan fingerprint density at radius 3 is 2.75 bits per heavy atom. The molecule has 1 rings (SSSR count). The van der Waals surface area contributed by atoms with Gasteiger partial charge in [-0.15, -0.1) is 0 Å². The summed E-state index contributed by atoms with van der Waals surface area (Å²) in [6, 6.07) is 2.36. The van der Waals surface area contributed by atoms with E-state index in [1.165, 1.54) is 0 Å². The van der Waals surface area contributed by atoms with Gasteiger partial charge >= 0.3 is 0 Å². The molecule has 0 saturated heterocycles. The van der Waals surface area contributed by atoms with Crippen LogP contribution < -0.4 is 5.32 Å². The van der Waals surface area contributed by atoms with E-state index in [0.29, 0.717) is 19.0 Å². The molecule has 1 aromatic rings. The Morgan fingerprint density at radius 2 is 2.19 bits per heavy atom. The van der Waals surface area contributed by atoms with Crippen molar-refractivity contribution in [2.45, 2.75) is 38.8 Å². The molecular weight excluding hydrogens is 268 g/mol. The number of rotatable bonds is 5. The van der Waals surface area contributed by atoms with Crippen molar-refractivity contribution in [1.29, 1.82) is 0 Å². The van der Waals surface area contributed by atoms with Gasteiger partial charge in [-0.3, -0.25) is 4.98 Å². The fourth-order valence-corrected chi connectivity index (χ4v) is 1.89. The van der Waals surface area contributed by atoms with Crippen LogP contribution in [0.25, 0.3) is 0 Å². The Labute approximate surface area is 105 Å². The molecule has 2 N–H and O–H groups in total. The van der Waals surface area contributed by atoms with E-state index in [2.05, 4.69) is 40.1 Å². The third kappa shape index (κ3) is 5.05. The molecule has 1 heterocycles. The lowest BCUT2D eigenvalue weighted by Crippen LogP contribution is -2.42. The monoisotopic (exact) mass is 286 g/mol. The van der Waals surface area contributed by atoms with Crippen molar-refractivity contribution in [3.8, 4) is 0 Å². The number of hydrogen-bond donors (Lipinski definition) is 2. The van der Waals surface area contributed by atoms with Crippen molar-refractivity contribution in [1.82, 2.24) is 10.3 Å². The first-order chi connectivity index (χ1) is 7.39. The zero-order valence-electron chi connectivity index (χ0n) is 10.00. The quantitative estimate of drug-likeness (QED) is 0.872. The number of pyridine rings is 1. The van der Waals surface area contributed by atoms with Gasteiger partial charge in [0.15, 0.2) is 0 Å². The predicted molar refractivity (Wildman–Crippen MR) is 69.4 cm³/mol. The molecule has 0 saturated carbocycles. The van der Waals surface area contributed by atoms with Gasteiger partial charge in [0, 0.05) is 35.9 Å². The first-order valence-electron chi connectivity index (χ1n) is 5.44. The summed E-state index contributed by atoms with van der Waals surface area (Å²) in [5, 5.41) is 13.4. The summed E-state index contributed by atoms with van der Waals surface area (Å²) < 4.78 is 0.942. The first kappa shape index (κ1) is 13.6. The molecule has 3 nitrogen and oxygen atoms in total. The van der Waals surface area contributed by atoms with Crippen LogP contribution in [0.3, 0.4) is 0 Å². The maximum absolute atomic E-state index is 10.2. The van der Waals surface area contributed by atoms with Crippen LogP contribution in [-0.4, -0.2) is 28.3 Å². The minimum Gasteiger partial charge on any atom is -0.389 e. The number of hydrogen-bond acceptors (Lipinski definition) is 3. The van der Waals surface area contributed by atoms with Crippen molar-refractivity contribution in [3.63, 3.8) is 0 Å². The van der Waals surface area contributed by atoms with Gasteiger partial charge in [0.2, 0.25) is 0 Å². The number of aromatic nitrogens is 1. The van der Waals surface area contributed by atoms with E-state index in [9.17, 15) is 5.11 Å². The van der Waals surface area contributed by atoms with Crippen LogP contribution in [0, 0.1) is 0 Å². The average Bonchev–Trinajstić information content (AvgIpc) is 2.14. The van der Waals surface area contributed by atoms with Crippen molar-refractivity contribution in [2.75, 3.05) is 6.54 Å². The van der Waals surface area contributed by atoms with Gasteiger partial charge in [-0.2, -0.15) is 0 Å². The van der Waals surface area contributed by atoms with Crippen LogP contribution in [0.2, 0.25) is 0 Å². The maximum Gasteiger partial charge on any atom is 0.0784 e. The van der Waals surface area contributed by atoms with Crippen molar-refractivity contribution < 1.29 is 5.11 Å². The van der Waals surface area contributed by atoms with Crippen LogP contribution >= 0.6 is 15.9 Å². The zero-order valence-corrected chi connectivity index (χ0v) is 11.6. The number of aliphatic hydroxyl groups is 1. The Morgan fingerprint density at radius 1 is 1.50 bits per heavy atom. The van der Waals surface area contributed by atoms with Gasteiger partial charge in [0.25, 0.3) is 0 Å². The minimum absolute atomic E-state index is 0.382. The summed E-state index contributed by atoms with van der Waals surface area (Å²) in [5.74, 6) is 0. The molecule has 0 aliphatic heterocycles. The summed E-state index contributed by atoms with van der Waals surface area (Å²) in [6.07, 6.45) is 4.12. The summed E-state index contributed by atoms with van der Waals surface area (Å²) in [7, 11) is 0. The van der Waals surface area contributed by atoms with Crippen molar-refractivity contribution >= 4 is 15.9 Å². The second-order valence-corrected chi connectivity index (χ2v) is 5.64. The van der Waals surface area contributed by atoms with Crippen LogP contribution in [0.1, 0.15) is 26.3 Å². The van der Waals surface area contributed by atoms with Gasteiger partial charge < -0.3 is 10.4 Å². The Kier molecular flexibility index (Phi) is 4.89. The summed E-state index contributed by atoms with van der Waals surface area (Å²) in [4.78, 5) is 4.09. The predicted octanol–water partition coefficient (Wildman–Crippen LogP) is 2.14. The van der Waals surface area contributed by atoms with E-state index < -0.39 is 5.60 Å². The third-order valence-electron chi connectivity index (χ3n) is 2.24. The van der Waals surface area contributed by atoms with Crippen LogP contribution in [-0.2, 0) is 6.42 Å². The van der Waals surface area contributed by atoms with Crippen LogP contribution in [0.5, 0.6) is 0 Å². The molecule has 0 fully saturated rings. The highest BCUT2D eigenvalue weighted by atomic mass is 79.9. The second-order valence-electron chi connectivity index (χ2n) is 4.72. The smallest absolute Gasteiger partial charge is 0.0784 e. The van der Waals surface area contributed by atoms with Gasteiger partial charge in [-0.25, -0.2) is 0 Å². The van der Waals surface area contributed by atoms with Crippen molar-refractivity contribution in [2.24, 2.45) is 0 Å². The molecule has 0 aliphatic rings. The van der Waals surface area contributed by atoms with Crippen molar-refractivity contribution in [3.05, 3.63) is 28.5 Å². The normalized spacial score (nSPS) is 15.1. The third-order valence-corrected chi connectivity index (χ3v) is 2.67. The topological polar surface area (TPSA) is 45.1 Å². The molecule has 0 aliphatic carbocycles. The SMILES string of the molecule is CC(C)NCC(C)(O)Cc1cncc(Br)c1. The fourth-order valence-electron chi connectivity index (χ4n) is 1.48. The Balaban J connectivity index is 2.58. The lowest BCUT2D eigenvalue weighted by Gasteiger charge is -2.25. The van der Waals surface area contributed by atoms with Gasteiger partial charge in [0.05, 0.1) is 5.60 Å². The number of halogens is 1. The number of nitrogens with zero attached hydrogens (tertiary/aromatic N) is 1. The molecule has 0 radical (unpaired) electrons. The standard InChI is InChI=1S/C12H19BrN2O/c1-9(2)15-8-12(3,16)5-10-4-11(13)7-14-6-10/h4,6-7,9,15-16H,5,8H2,1-3H3. The Hall–Kier alpha value is -0.450. The molecule has 90 valence electrons. The Bertz CT molecular complexity index is 340. The largest absolute Gasteiger partial charge is 0.389 e. The fraction of sp³-hybridized carbons (Fsp3) is 0.583. The molecule has 1 atom stereocenters. The minimum atomic E-state index is -0.743.